The molecule has 0 spiro atoms. The number of unbranched alkanes of at least 4 members (excludes halogenated alkanes) is 9. The minimum Gasteiger partial charge on any atom is -0.480 e. The molecule has 0 atom stereocenters. The van der Waals surface area contributed by atoms with Crippen molar-refractivity contribution < 1.29 is 52.2 Å². The average Bonchev–Trinajstić information content (AvgIpc) is 2.90. The van der Waals surface area contributed by atoms with Gasteiger partial charge in [-0.05, 0) is 18.6 Å². The van der Waals surface area contributed by atoms with E-state index >= 15 is 0 Å². The van der Waals surface area contributed by atoms with Crippen molar-refractivity contribution >= 4 is 93.1 Å². The van der Waals surface area contributed by atoms with Crippen molar-refractivity contribution in [3.8, 4) is 0 Å². The van der Waals surface area contributed by atoms with E-state index in [1.54, 1.807) is 30.3 Å². The Kier molecular flexibility index (Phi) is 31.6. The molecule has 242 valence electrons. The molecule has 0 aromatic heterocycles. The first kappa shape index (κ1) is 47.3. The van der Waals surface area contributed by atoms with E-state index in [9.17, 15) is 27.6 Å². The van der Waals surface area contributed by atoms with Gasteiger partial charge in [0.15, 0.2) is 0 Å². The molecule has 0 saturated carbocycles. The molecule has 0 unspecified atom stereocenters. The first-order chi connectivity index (χ1) is 19.9. The zero-order valence-electron chi connectivity index (χ0n) is 26.4. The van der Waals surface area contributed by atoms with Crippen molar-refractivity contribution in [1.29, 1.82) is 0 Å². The fourth-order valence-electron chi connectivity index (χ4n) is 3.89. The third kappa shape index (κ3) is 28.4. The van der Waals surface area contributed by atoms with Crippen LogP contribution < -0.4 is 0 Å². The molecule has 13 nitrogen and oxygen atoms in total. The summed E-state index contributed by atoms with van der Waals surface area (Å²) in [6.45, 7) is 0.271. The number of benzene rings is 1. The van der Waals surface area contributed by atoms with Gasteiger partial charge in [-0.3, -0.25) is 33.2 Å². The standard InChI is InChI=1S/C18H30O3S.C10H16N2O8.2Na/c1-2-3-4-5-6-7-8-9-10-14-17-21-22(19,20)18-15-12-11-13-16-18;13-7(14)3-11(4-8(15)16)1-2-12(5-9(17)18)6-10(19)20;;/h11-13,15-16H,2-10,14,17H2,1H3;1-6H2,(H,13,14)(H,15,16)(H,17,18)(H,19,20);;. The van der Waals surface area contributed by atoms with Crippen LogP contribution in [0, 0.1) is 0 Å². The SMILES string of the molecule is CCCCCCCCCCCCOS(=O)(=O)c1ccccc1.O=C(O)CN(CCN(CC(=O)O)CC(=O)O)CC(=O)O.[Na].[Na]. The third-order valence-corrected chi connectivity index (χ3v) is 7.26. The fourth-order valence-corrected chi connectivity index (χ4v) is 4.85. The zero-order valence-corrected chi connectivity index (χ0v) is 31.2. The molecule has 0 aliphatic carbocycles. The summed E-state index contributed by atoms with van der Waals surface area (Å²) in [6, 6.07) is 8.33. The summed E-state index contributed by atoms with van der Waals surface area (Å²) in [7, 11) is -3.57. The maximum atomic E-state index is 11.9. The van der Waals surface area contributed by atoms with Gasteiger partial charge in [-0.15, -0.1) is 0 Å². The predicted octanol–water partition coefficient (Wildman–Crippen LogP) is 2.48. The van der Waals surface area contributed by atoms with E-state index in [4.69, 9.17) is 24.6 Å². The summed E-state index contributed by atoms with van der Waals surface area (Å²) >= 11 is 0. The second-order valence-corrected chi connectivity index (χ2v) is 11.4. The van der Waals surface area contributed by atoms with Crippen LogP contribution in [-0.2, 0) is 33.5 Å². The van der Waals surface area contributed by atoms with E-state index in [1.165, 1.54) is 51.4 Å². The molecule has 0 aliphatic heterocycles. The number of rotatable bonds is 24. The zero-order chi connectivity index (χ0) is 31.8. The maximum Gasteiger partial charge on any atom is 0.317 e. The van der Waals surface area contributed by atoms with Gasteiger partial charge in [0, 0.05) is 72.2 Å². The van der Waals surface area contributed by atoms with Crippen molar-refractivity contribution in [1.82, 2.24) is 9.80 Å². The molecular weight excluding hydrogens is 618 g/mol. The molecule has 1 rings (SSSR count). The molecule has 0 bridgehead atoms. The Balaban J connectivity index is -0.000000735. The molecule has 0 heterocycles. The van der Waals surface area contributed by atoms with E-state index < -0.39 is 60.2 Å². The Labute approximate surface area is 305 Å². The molecule has 0 saturated heterocycles. The molecule has 0 aliphatic rings. The van der Waals surface area contributed by atoms with Crippen LogP contribution in [0.4, 0.5) is 0 Å². The van der Waals surface area contributed by atoms with E-state index in [1.807, 2.05) is 0 Å². The average molecular weight is 665 g/mol. The Bertz CT molecular complexity index is 964. The van der Waals surface area contributed by atoms with Gasteiger partial charge in [-0.2, -0.15) is 8.42 Å². The Morgan fingerprint density at radius 1 is 0.614 bits per heavy atom. The fraction of sp³-hybridized carbons (Fsp3) is 0.643. The summed E-state index contributed by atoms with van der Waals surface area (Å²) in [5, 5.41) is 34.5. The van der Waals surface area contributed by atoms with Gasteiger partial charge in [0.1, 0.15) is 0 Å². The molecule has 0 amide bonds. The summed E-state index contributed by atoms with van der Waals surface area (Å²) < 4.78 is 28.8. The Hall–Kier alpha value is -1.07. The minimum absolute atomic E-state index is 0. The van der Waals surface area contributed by atoms with Crippen LogP contribution in [-0.4, -0.2) is 168 Å². The smallest absolute Gasteiger partial charge is 0.317 e. The van der Waals surface area contributed by atoms with Crippen molar-refractivity contribution in [3.05, 3.63) is 30.3 Å². The van der Waals surface area contributed by atoms with Gasteiger partial charge in [0.25, 0.3) is 10.1 Å². The van der Waals surface area contributed by atoms with Gasteiger partial charge in [-0.1, -0.05) is 82.9 Å². The second-order valence-electron chi connectivity index (χ2n) is 9.77. The van der Waals surface area contributed by atoms with E-state index in [-0.39, 0.29) is 83.7 Å². The number of nitrogens with zero attached hydrogens (tertiary/aromatic N) is 2. The minimum atomic E-state index is -3.57. The van der Waals surface area contributed by atoms with E-state index in [0.717, 1.165) is 22.6 Å². The topological polar surface area (TPSA) is 199 Å². The van der Waals surface area contributed by atoms with Crippen molar-refractivity contribution in [3.63, 3.8) is 0 Å². The normalized spacial score (nSPS) is 10.7. The van der Waals surface area contributed by atoms with Crippen LogP contribution >= 0.6 is 0 Å². The molecule has 0 fully saturated rings. The summed E-state index contributed by atoms with van der Waals surface area (Å²) in [5.74, 6) is -4.91. The second kappa shape index (κ2) is 29.3. The summed E-state index contributed by atoms with van der Waals surface area (Å²) in [6.07, 6.45) is 12.3. The number of hydrogen-bond donors (Lipinski definition) is 4. The molecule has 1 aromatic rings. The molecule has 16 heteroatoms. The molecular formula is C28H46N2Na2O11S. The monoisotopic (exact) mass is 664 g/mol. The Morgan fingerprint density at radius 3 is 1.30 bits per heavy atom. The van der Waals surface area contributed by atoms with Crippen LogP contribution in [0.3, 0.4) is 0 Å². The molecule has 1 aromatic carbocycles. The first-order valence-corrected chi connectivity index (χ1v) is 15.5. The number of carboxylic acid groups (broad SMARTS) is 4. The summed E-state index contributed by atoms with van der Waals surface area (Å²) in [5.41, 5.74) is 0. The maximum absolute atomic E-state index is 11.9. The van der Waals surface area contributed by atoms with Gasteiger partial charge in [0.05, 0.1) is 37.7 Å². The van der Waals surface area contributed by atoms with E-state index in [0.29, 0.717) is 0 Å². The molecule has 2 radical (unpaired) electrons. The van der Waals surface area contributed by atoms with Crippen LogP contribution in [0.2, 0.25) is 0 Å². The van der Waals surface area contributed by atoms with Crippen molar-refractivity contribution in [2.45, 2.75) is 76.0 Å². The molecule has 44 heavy (non-hydrogen) atoms. The summed E-state index contributed by atoms with van der Waals surface area (Å²) in [4.78, 5) is 44.6. The van der Waals surface area contributed by atoms with Gasteiger partial charge < -0.3 is 20.4 Å². The van der Waals surface area contributed by atoms with Crippen LogP contribution in [0.5, 0.6) is 0 Å². The quantitative estimate of drug-likeness (QED) is 0.0715. The number of aliphatic carboxylic acids is 4. The van der Waals surface area contributed by atoms with Crippen molar-refractivity contribution in [2.24, 2.45) is 0 Å². The number of hydrogen-bond acceptors (Lipinski definition) is 9. The Morgan fingerprint density at radius 2 is 0.955 bits per heavy atom. The first-order valence-electron chi connectivity index (χ1n) is 14.1. The van der Waals surface area contributed by atoms with Gasteiger partial charge in [-0.25, -0.2) is 0 Å². The van der Waals surface area contributed by atoms with Crippen LogP contribution in [0.25, 0.3) is 0 Å². The predicted molar refractivity (Wildman–Crippen MR) is 166 cm³/mol. The molecule has 4 N–H and O–H groups in total. The van der Waals surface area contributed by atoms with Crippen LogP contribution in [0.15, 0.2) is 35.2 Å². The number of carboxylic acids is 4. The largest absolute Gasteiger partial charge is 0.480 e. The third-order valence-electron chi connectivity index (χ3n) is 5.94. The van der Waals surface area contributed by atoms with Crippen molar-refractivity contribution in [2.75, 3.05) is 45.9 Å². The number of carbonyl (C=O) groups is 4. The van der Waals surface area contributed by atoms with Crippen LogP contribution in [0.1, 0.15) is 71.1 Å². The van der Waals surface area contributed by atoms with E-state index in [2.05, 4.69) is 6.92 Å². The van der Waals surface area contributed by atoms with Gasteiger partial charge in [0.2, 0.25) is 0 Å². The van der Waals surface area contributed by atoms with Gasteiger partial charge >= 0.3 is 23.9 Å².